The quantitative estimate of drug-likeness (QED) is 0.823. The SMILES string of the molecule is CN(Cc1ccccc1F)CC(C)(C)O. The zero-order valence-corrected chi connectivity index (χ0v) is 9.50. The predicted octanol–water partition coefficient (Wildman–Crippen LogP) is 2.03. The fraction of sp³-hybridized carbons (Fsp3) is 0.500. The second kappa shape index (κ2) is 4.73. The van der Waals surface area contributed by atoms with Crippen LogP contribution in [-0.4, -0.2) is 29.2 Å². The molecule has 0 saturated heterocycles. The molecule has 0 atom stereocenters. The summed E-state index contributed by atoms with van der Waals surface area (Å²) < 4.78 is 13.3. The molecule has 0 heterocycles. The number of nitrogens with zero attached hydrogens (tertiary/aromatic N) is 1. The van der Waals surface area contributed by atoms with E-state index in [1.165, 1.54) is 6.07 Å². The number of halogens is 1. The van der Waals surface area contributed by atoms with Crippen molar-refractivity contribution in [3.8, 4) is 0 Å². The Kier molecular flexibility index (Phi) is 3.83. The first-order valence-electron chi connectivity index (χ1n) is 5.03. The first-order chi connectivity index (χ1) is 6.88. The van der Waals surface area contributed by atoms with Gasteiger partial charge in [-0.15, -0.1) is 0 Å². The van der Waals surface area contributed by atoms with E-state index in [1.807, 2.05) is 18.0 Å². The molecule has 0 bridgehead atoms. The summed E-state index contributed by atoms with van der Waals surface area (Å²) in [6.07, 6.45) is 0. The van der Waals surface area contributed by atoms with Crippen molar-refractivity contribution in [3.63, 3.8) is 0 Å². The number of rotatable bonds is 4. The molecule has 2 nitrogen and oxygen atoms in total. The molecule has 84 valence electrons. The second-order valence-electron chi connectivity index (χ2n) is 4.58. The van der Waals surface area contributed by atoms with Crippen molar-refractivity contribution in [2.45, 2.75) is 26.0 Å². The Morgan fingerprint density at radius 2 is 1.93 bits per heavy atom. The summed E-state index contributed by atoms with van der Waals surface area (Å²) >= 11 is 0. The molecule has 0 aliphatic rings. The van der Waals surface area contributed by atoms with Crippen molar-refractivity contribution in [2.24, 2.45) is 0 Å². The van der Waals surface area contributed by atoms with Gasteiger partial charge in [-0.2, -0.15) is 0 Å². The normalized spacial score (nSPS) is 12.1. The molecule has 3 heteroatoms. The highest BCUT2D eigenvalue weighted by Crippen LogP contribution is 2.11. The van der Waals surface area contributed by atoms with Gasteiger partial charge in [0.05, 0.1) is 5.60 Å². The number of likely N-dealkylation sites (N-methyl/N-ethyl adjacent to an activating group) is 1. The third-order valence-electron chi connectivity index (χ3n) is 2.05. The monoisotopic (exact) mass is 211 g/mol. The summed E-state index contributed by atoms with van der Waals surface area (Å²) in [4.78, 5) is 1.90. The van der Waals surface area contributed by atoms with Gasteiger partial charge >= 0.3 is 0 Å². The van der Waals surface area contributed by atoms with Gasteiger partial charge in [-0.25, -0.2) is 4.39 Å². The van der Waals surface area contributed by atoms with Crippen LogP contribution in [0.1, 0.15) is 19.4 Å². The first-order valence-corrected chi connectivity index (χ1v) is 5.03. The topological polar surface area (TPSA) is 23.5 Å². The van der Waals surface area contributed by atoms with E-state index in [0.29, 0.717) is 18.7 Å². The van der Waals surface area contributed by atoms with Crippen LogP contribution >= 0.6 is 0 Å². The Hall–Kier alpha value is -0.930. The summed E-state index contributed by atoms with van der Waals surface area (Å²) in [6.45, 7) is 4.51. The van der Waals surface area contributed by atoms with E-state index in [-0.39, 0.29) is 5.82 Å². The summed E-state index contributed by atoms with van der Waals surface area (Å²) in [5.41, 5.74) is -0.0933. The Labute approximate surface area is 90.3 Å². The molecule has 0 spiro atoms. The Morgan fingerprint density at radius 1 is 1.33 bits per heavy atom. The van der Waals surface area contributed by atoms with Crippen LogP contribution in [0.25, 0.3) is 0 Å². The molecule has 1 N–H and O–H groups in total. The molecule has 1 rings (SSSR count). The van der Waals surface area contributed by atoms with Gasteiger partial charge < -0.3 is 5.11 Å². The molecule has 0 aliphatic carbocycles. The van der Waals surface area contributed by atoms with Gasteiger partial charge in [0.2, 0.25) is 0 Å². The lowest BCUT2D eigenvalue weighted by Gasteiger charge is -2.25. The van der Waals surface area contributed by atoms with Crippen LogP contribution in [0, 0.1) is 5.82 Å². The molecule has 0 aliphatic heterocycles. The third-order valence-corrected chi connectivity index (χ3v) is 2.05. The summed E-state index contributed by atoms with van der Waals surface area (Å²) in [7, 11) is 1.87. The van der Waals surface area contributed by atoms with E-state index in [9.17, 15) is 9.50 Å². The maximum absolute atomic E-state index is 13.3. The molecule has 1 aromatic carbocycles. The summed E-state index contributed by atoms with van der Waals surface area (Å²) in [5.74, 6) is -0.194. The lowest BCUT2D eigenvalue weighted by Crippen LogP contribution is -2.35. The lowest BCUT2D eigenvalue weighted by atomic mass is 10.1. The number of benzene rings is 1. The van der Waals surface area contributed by atoms with Crippen molar-refractivity contribution in [3.05, 3.63) is 35.6 Å². The van der Waals surface area contributed by atoms with Crippen LogP contribution in [-0.2, 0) is 6.54 Å². The highest BCUT2D eigenvalue weighted by Gasteiger charge is 2.16. The lowest BCUT2D eigenvalue weighted by molar-refractivity contribution is 0.0422. The van der Waals surface area contributed by atoms with Crippen LogP contribution in [0.2, 0.25) is 0 Å². The van der Waals surface area contributed by atoms with Crippen molar-refractivity contribution < 1.29 is 9.50 Å². The molecule has 15 heavy (non-hydrogen) atoms. The molecule has 1 aromatic rings. The van der Waals surface area contributed by atoms with Crippen molar-refractivity contribution in [1.82, 2.24) is 4.90 Å². The maximum Gasteiger partial charge on any atom is 0.127 e. The Bertz CT molecular complexity index is 320. The third kappa shape index (κ3) is 4.40. The van der Waals surface area contributed by atoms with Crippen LogP contribution in [0.5, 0.6) is 0 Å². The van der Waals surface area contributed by atoms with Crippen LogP contribution < -0.4 is 0 Å². The number of hydrogen-bond acceptors (Lipinski definition) is 2. The van der Waals surface area contributed by atoms with Gasteiger partial charge in [0.1, 0.15) is 5.82 Å². The minimum atomic E-state index is -0.750. The zero-order valence-electron chi connectivity index (χ0n) is 9.50. The van der Waals surface area contributed by atoms with E-state index in [2.05, 4.69) is 0 Å². The largest absolute Gasteiger partial charge is 0.389 e. The molecule has 0 unspecified atom stereocenters. The van der Waals surface area contributed by atoms with Crippen LogP contribution in [0.4, 0.5) is 4.39 Å². The van der Waals surface area contributed by atoms with Crippen molar-refractivity contribution in [2.75, 3.05) is 13.6 Å². The summed E-state index contributed by atoms with van der Waals surface area (Å²) in [5, 5.41) is 9.60. The minimum Gasteiger partial charge on any atom is -0.389 e. The standard InChI is InChI=1S/C12H18FNO/c1-12(2,15)9-14(3)8-10-6-4-5-7-11(10)13/h4-7,15H,8-9H2,1-3H3. The van der Waals surface area contributed by atoms with E-state index >= 15 is 0 Å². The maximum atomic E-state index is 13.3. The van der Waals surface area contributed by atoms with E-state index in [4.69, 9.17) is 0 Å². The molecular weight excluding hydrogens is 193 g/mol. The van der Waals surface area contributed by atoms with E-state index in [0.717, 1.165) is 0 Å². The highest BCUT2D eigenvalue weighted by molar-refractivity contribution is 5.17. The van der Waals surface area contributed by atoms with Gasteiger partial charge in [0.25, 0.3) is 0 Å². The molecule has 0 saturated carbocycles. The average Bonchev–Trinajstić information content (AvgIpc) is 2.05. The van der Waals surface area contributed by atoms with Gasteiger partial charge in [0.15, 0.2) is 0 Å². The van der Waals surface area contributed by atoms with Crippen molar-refractivity contribution in [1.29, 1.82) is 0 Å². The molecular formula is C12H18FNO. The van der Waals surface area contributed by atoms with Gasteiger partial charge in [-0.1, -0.05) is 18.2 Å². The molecule has 0 radical (unpaired) electrons. The van der Waals surface area contributed by atoms with Gasteiger partial charge in [-0.05, 0) is 27.0 Å². The highest BCUT2D eigenvalue weighted by atomic mass is 19.1. The van der Waals surface area contributed by atoms with E-state index in [1.54, 1.807) is 26.0 Å². The smallest absolute Gasteiger partial charge is 0.127 e. The predicted molar refractivity (Wildman–Crippen MR) is 59.0 cm³/mol. The second-order valence-corrected chi connectivity index (χ2v) is 4.58. The zero-order chi connectivity index (χ0) is 11.5. The number of aliphatic hydroxyl groups is 1. The Balaban J connectivity index is 2.59. The fourth-order valence-electron chi connectivity index (χ4n) is 1.63. The van der Waals surface area contributed by atoms with E-state index < -0.39 is 5.60 Å². The van der Waals surface area contributed by atoms with Gasteiger partial charge in [0, 0.05) is 18.7 Å². The fourth-order valence-corrected chi connectivity index (χ4v) is 1.63. The summed E-state index contributed by atoms with van der Waals surface area (Å²) in [6, 6.07) is 6.70. The van der Waals surface area contributed by atoms with Crippen LogP contribution in [0.3, 0.4) is 0 Å². The Morgan fingerprint density at radius 3 is 2.47 bits per heavy atom. The first kappa shape index (κ1) is 12.1. The molecule has 0 aromatic heterocycles. The van der Waals surface area contributed by atoms with Gasteiger partial charge in [-0.3, -0.25) is 4.90 Å². The minimum absolute atomic E-state index is 0.194. The molecule has 0 fully saturated rings. The van der Waals surface area contributed by atoms with Crippen molar-refractivity contribution >= 4 is 0 Å². The average molecular weight is 211 g/mol. The number of hydrogen-bond donors (Lipinski definition) is 1. The molecule has 0 amide bonds. The van der Waals surface area contributed by atoms with Crippen LogP contribution in [0.15, 0.2) is 24.3 Å².